The first kappa shape index (κ1) is 12.9. The van der Waals surface area contributed by atoms with Gasteiger partial charge in [0.15, 0.2) is 5.17 Å². The molecule has 0 spiro atoms. The minimum atomic E-state index is 0.646. The third-order valence-electron chi connectivity index (χ3n) is 2.47. The number of nitrogens with zero attached hydrogens (tertiary/aromatic N) is 1. The van der Waals surface area contributed by atoms with Crippen molar-refractivity contribution >= 4 is 16.9 Å². The number of hydrogen-bond acceptors (Lipinski definition) is 2. The quantitative estimate of drug-likeness (QED) is 0.782. The van der Waals surface area contributed by atoms with E-state index in [1.54, 1.807) is 0 Å². The van der Waals surface area contributed by atoms with E-state index in [9.17, 15) is 0 Å². The van der Waals surface area contributed by atoms with Crippen molar-refractivity contribution in [1.82, 2.24) is 5.32 Å². The third kappa shape index (κ3) is 5.45. The van der Waals surface area contributed by atoms with E-state index < -0.39 is 0 Å². The summed E-state index contributed by atoms with van der Waals surface area (Å²) in [6.45, 7) is 10.0. The van der Waals surface area contributed by atoms with Gasteiger partial charge in [0.05, 0.1) is 0 Å². The van der Waals surface area contributed by atoms with Gasteiger partial charge in [-0.15, -0.1) is 0 Å². The molecule has 3 heteroatoms. The lowest BCUT2D eigenvalue weighted by Gasteiger charge is -2.11. The highest BCUT2D eigenvalue weighted by Gasteiger charge is 2.20. The van der Waals surface area contributed by atoms with Crippen molar-refractivity contribution in [3.8, 4) is 0 Å². The van der Waals surface area contributed by atoms with Gasteiger partial charge < -0.3 is 5.32 Å². The van der Waals surface area contributed by atoms with Crippen LogP contribution in [0.15, 0.2) is 4.99 Å². The molecule has 1 N–H and O–H groups in total. The molecule has 0 aliphatic carbocycles. The van der Waals surface area contributed by atoms with Crippen LogP contribution in [0.25, 0.3) is 0 Å². The van der Waals surface area contributed by atoms with E-state index in [1.165, 1.54) is 23.8 Å². The molecule has 0 bridgehead atoms. The second-order valence-corrected chi connectivity index (χ2v) is 6.16. The minimum Gasteiger partial charge on any atom is -0.361 e. The molecule has 1 heterocycles. The summed E-state index contributed by atoms with van der Waals surface area (Å²) >= 11 is 1.88. The lowest BCUT2D eigenvalue weighted by atomic mass is 10.1. The maximum atomic E-state index is 4.59. The zero-order valence-corrected chi connectivity index (χ0v) is 11.2. The maximum Gasteiger partial charge on any atom is 0.156 e. The first-order chi connectivity index (χ1) is 7.08. The van der Waals surface area contributed by atoms with E-state index in [1.807, 2.05) is 11.8 Å². The van der Waals surface area contributed by atoms with Crippen LogP contribution < -0.4 is 5.32 Å². The molecule has 0 radical (unpaired) electrons. The predicted molar refractivity (Wildman–Crippen MR) is 70.6 cm³/mol. The zero-order valence-electron chi connectivity index (χ0n) is 10.4. The molecule has 15 heavy (non-hydrogen) atoms. The number of hydrogen-bond donors (Lipinski definition) is 1. The van der Waals surface area contributed by atoms with Crippen molar-refractivity contribution < 1.29 is 0 Å². The van der Waals surface area contributed by atoms with Gasteiger partial charge in [0, 0.05) is 18.3 Å². The molecule has 0 aromatic heterocycles. The van der Waals surface area contributed by atoms with E-state index >= 15 is 0 Å². The number of amidine groups is 1. The molecule has 1 saturated heterocycles. The van der Waals surface area contributed by atoms with Crippen molar-refractivity contribution in [1.29, 1.82) is 0 Å². The van der Waals surface area contributed by atoms with Crippen molar-refractivity contribution in [3.63, 3.8) is 0 Å². The van der Waals surface area contributed by atoms with Crippen LogP contribution in [0, 0.1) is 11.8 Å². The number of rotatable bonds is 5. The summed E-state index contributed by atoms with van der Waals surface area (Å²) in [5, 5.41) is 4.68. The number of nitrogens with one attached hydrogen (secondary N) is 1. The number of thioether (sulfide) groups is 1. The second-order valence-electron chi connectivity index (χ2n) is 5.15. The zero-order chi connectivity index (χ0) is 11.3. The average molecular weight is 228 g/mol. The van der Waals surface area contributed by atoms with Crippen molar-refractivity contribution in [3.05, 3.63) is 0 Å². The van der Waals surface area contributed by atoms with Crippen LogP contribution in [0.1, 0.15) is 40.5 Å². The fourth-order valence-corrected chi connectivity index (χ4v) is 2.66. The third-order valence-corrected chi connectivity index (χ3v) is 3.56. The standard InChI is InChI=1S/C12H24N2S/c1-9(2)5-6-13-12-14-11(8-15-12)7-10(3)4/h9-11H,5-8H2,1-4H3,(H,13,14). The van der Waals surface area contributed by atoms with Gasteiger partial charge in [0.25, 0.3) is 0 Å². The van der Waals surface area contributed by atoms with Gasteiger partial charge in [-0.25, -0.2) is 0 Å². The molecule has 0 saturated carbocycles. The van der Waals surface area contributed by atoms with Crippen molar-refractivity contribution in [2.75, 3.05) is 12.3 Å². The van der Waals surface area contributed by atoms with Crippen LogP contribution in [0.3, 0.4) is 0 Å². The normalized spacial score (nSPS) is 24.1. The van der Waals surface area contributed by atoms with Crippen LogP contribution in [-0.2, 0) is 0 Å². The van der Waals surface area contributed by atoms with Gasteiger partial charge in [0.1, 0.15) is 0 Å². The lowest BCUT2D eigenvalue weighted by molar-refractivity contribution is 0.502. The van der Waals surface area contributed by atoms with Crippen molar-refractivity contribution in [2.24, 2.45) is 16.8 Å². The summed E-state index contributed by atoms with van der Waals surface area (Å²) in [6, 6.07) is 0.646. The Morgan fingerprint density at radius 1 is 1.33 bits per heavy atom. The largest absolute Gasteiger partial charge is 0.361 e. The van der Waals surface area contributed by atoms with Gasteiger partial charge in [0.2, 0.25) is 0 Å². The molecule has 0 amide bonds. The Hall–Kier alpha value is -0.180. The molecule has 1 aliphatic rings. The first-order valence-corrected chi connectivity index (χ1v) is 7.00. The summed E-state index contributed by atoms with van der Waals surface area (Å²) in [6.07, 6.45) is 2.46. The monoisotopic (exact) mass is 228 g/mol. The highest BCUT2D eigenvalue weighted by atomic mass is 32.2. The fourth-order valence-electron chi connectivity index (χ4n) is 1.65. The van der Waals surface area contributed by atoms with E-state index in [0.717, 1.165) is 18.4 Å². The van der Waals surface area contributed by atoms with Gasteiger partial charge in [-0.1, -0.05) is 39.5 Å². The molecule has 88 valence electrons. The Labute approximate surface area is 98.3 Å². The summed E-state index contributed by atoms with van der Waals surface area (Å²) in [5.74, 6) is 2.73. The van der Waals surface area contributed by atoms with E-state index in [4.69, 9.17) is 0 Å². The Morgan fingerprint density at radius 3 is 2.67 bits per heavy atom. The summed E-state index contributed by atoms with van der Waals surface area (Å²) in [5.41, 5.74) is 0. The second kappa shape index (κ2) is 6.41. The molecule has 0 aromatic rings. The van der Waals surface area contributed by atoms with E-state index in [-0.39, 0.29) is 0 Å². The average Bonchev–Trinajstić information content (AvgIpc) is 2.50. The Bertz CT molecular complexity index is 212. The highest BCUT2D eigenvalue weighted by Crippen LogP contribution is 2.19. The smallest absolute Gasteiger partial charge is 0.156 e. The molecule has 2 nitrogen and oxygen atoms in total. The summed E-state index contributed by atoms with van der Waals surface area (Å²) in [7, 11) is 0. The van der Waals surface area contributed by atoms with Gasteiger partial charge in [-0.2, -0.15) is 0 Å². The lowest BCUT2D eigenvalue weighted by Crippen LogP contribution is -2.28. The van der Waals surface area contributed by atoms with Crippen LogP contribution in [0.5, 0.6) is 0 Å². The fraction of sp³-hybridized carbons (Fsp3) is 0.917. The van der Waals surface area contributed by atoms with Crippen molar-refractivity contribution in [2.45, 2.75) is 46.6 Å². The molecular formula is C12H24N2S. The molecule has 1 rings (SSSR count). The molecular weight excluding hydrogens is 204 g/mol. The van der Waals surface area contributed by atoms with Crippen LogP contribution in [0.4, 0.5) is 0 Å². The molecule has 1 atom stereocenters. The summed E-state index contributed by atoms with van der Waals surface area (Å²) < 4.78 is 0. The van der Waals surface area contributed by atoms with Crippen LogP contribution in [-0.4, -0.2) is 23.5 Å². The SMILES string of the molecule is CC(C)CCN=C1NC(CC(C)C)CS1. The Morgan fingerprint density at radius 2 is 2.07 bits per heavy atom. The molecule has 1 unspecified atom stereocenters. The predicted octanol–water partition coefficient (Wildman–Crippen LogP) is 3.14. The van der Waals surface area contributed by atoms with Crippen LogP contribution >= 0.6 is 11.8 Å². The Kier molecular flexibility index (Phi) is 5.51. The molecule has 1 aliphatic heterocycles. The van der Waals surface area contributed by atoms with Gasteiger partial charge in [-0.05, 0) is 24.7 Å². The maximum absolute atomic E-state index is 4.59. The van der Waals surface area contributed by atoms with Crippen LogP contribution in [0.2, 0.25) is 0 Å². The summed E-state index contributed by atoms with van der Waals surface area (Å²) in [4.78, 5) is 4.59. The Balaban J connectivity index is 2.23. The van der Waals surface area contributed by atoms with Gasteiger partial charge in [-0.3, -0.25) is 4.99 Å². The molecule has 0 aromatic carbocycles. The topological polar surface area (TPSA) is 24.4 Å². The van der Waals surface area contributed by atoms with E-state index in [2.05, 4.69) is 38.0 Å². The van der Waals surface area contributed by atoms with Gasteiger partial charge >= 0.3 is 0 Å². The minimum absolute atomic E-state index is 0.646. The molecule has 1 fully saturated rings. The number of aliphatic imine (C=N–C) groups is 1. The highest BCUT2D eigenvalue weighted by molar-refractivity contribution is 8.14. The van der Waals surface area contributed by atoms with E-state index in [0.29, 0.717) is 6.04 Å². The first-order valence-electron chi connectivity index (χ1n) is 6.01.